The number of hydrogen-bond donors (Lipinski definition) is 3. The van der Waals surface area contributed by atoms with Gasteiger partial charge in [0.2, 0.25) is 11.9 Å². The summed E-state index contributed by atoms with van der Waals surface area (Å²) in [5.41, 5.74) is 2.36. The molecule has 0 atom stereocenters. The standard InChI is InChI=1S/C21H21ClN6O2S/c1-12-5-6-14(22)10-17(12)25-18(29)8-7-16-13(2)24-21-26-20(27-28(21)19(16)30)23-11-15-4-3-9-31-15/h3-6,9-10H,7-8,11H2,1-2H3,(H,25,29)(H2,23,24,26,27). The maximum Gasteiger partial charge on any atom is 0.277 e. The summed E-state index contributed by atoms with van der Waals surface area (Å²) in [6.45, 7) is 4.24. The summed E-state index contributed by atoms with van der Waals surface area (Å²) in [6.07, 6.45) is 0.413. The van der Waals surface area contributed by atoms with E-state index in [-0.39, 0.29) is 24.3 Å². The summed E-state index contributed by atoms with van der Waals surface area (Å²) >= 11 is 7.64. The molecule has 0 spiro atoms. The van der Waals surface area contributed by atoms with Gasteiger partial charge in [0.05, 0.1) is 12.2 Å². The number of thiophene rings is 1. The summed E-state index contributed by atoms with van der Waals surface area (Å²) < 4.78 is 1.30. The van der Waals surface area contributed by atoms with E-state index >= 15 is 0 Å². The van der Waals surface area contributed by atoms with Gasteiger partial charge in [-0.15, -0.1) is 11.3 Å². The van der Waals surface area contributed by atoms with Crippen LogP contribution in [0.15, 0.2) is 40.5 Å². The van der Waals surface area contributed by atoms with E-state index in [9.17, 15) is 9.59 Å². The van der Waals surface area contributed by atoms with Crippen LogP contribution in [0, 0.1) is 13.8 Å². The number of carbonyl (C=O) groups excluding carboxylic acids is 1. The van der Waals surface area contributed by atoms with Crippen molar-refractivity contribution in [3.8, 4) is 0 Å². The van der Waals surface area contributed by atoms with Gasteiger partial charge in [-0.05, 0) is 49.4 Å². The maximum atomic E-state index is 12.9. The first kappa shape index (κ1) is 21.1. The Morgan fingerprint density at radius 3 is 2.87 bits per heavy atom. The lowest BCUT2D eigenvalue weighted by molar-refractivity contribution is -0.116. The maximum absolute atomic E-state index is 12.9. The number of anilines is 2. The predicted octanol–water partition coefficient (Wildman–Crippen LogP) is 3.93. The highest BCUT2D eigenvalue weighted by atomic mass is 35.5. The van der Waals surface area contributed by atoms with Crippen LogP contribution in [0.1, 0.15) is 28.1 Å². The van der Waals surface area contributed by atoms with Crippen molar-refractivity contribution in [1.82, 2.24) is 19.6 Å². The van der Waals surface area contributed by atoms with Crippen molar-refractivity contribution in [3.05, 3.63) is 72.8 Å². The van der Waals surface area contributed by atoms with E-state index in [0.29, 0.717) is 40.2 Å². The monoisotopic (exact) mass is 456 g/mol. The molecule has 4 rings (SSSR count). The number of aromatic amines is 1. The number of nitrogens with zero attached hydrogens (tertiary/aromatic N) is 3. The molecule has 0 aliphatic heterocycles. The van der Waals surface area contributed by atoms with Gasteiger partial charge in [0, 0.05) is 27.6 Å². The highest BCUT2D eigenvalue weighted by Gasteiger charge is 2.15. The van der Waals surface area contributed by atoms with Gasteiger partial charge in [0.25, 0.3) is 11.3 Å². The molecule has 0 aliphatic carbocycles. The molecule has 3 N–H and O–H groups in total. The van der Waals surface area contributed by atoms with Gasteiger partial charge in [0.1, 0.15) is 0 Å². The highest BCUT2D eigenvalue weighted by Crippen LogP contribution is 2.20. The minimum absolute atomic E-state index is 0.146. The van der Waals surface area contributed by atoms with Gasteiger partial charge in [0.15, 0.2) is 0 Å². The normalized spacial score (nSPS) is 11.1. The SMILES string of the molecule is Cc1ccc(Cl)cc1NC(=O)CCc1c(C)nc2nc(NCc3cccs3)[nH]n2c1=O. The summed E-state index contributed by atoms with van der Waals surface area (Å²) in [5.74, 6) is 0.555. The summed E-state index contributed by atoms with van der Waals surface area (Å²) in [7, 11) is 0. The zero-order valence-electron chi connectivity index (χ0n) is 17.0. The molecule has 0 bridgehead atoms. The number of benzene rings is 1. The quantitative estimate of drug-likeness (QED) is 0.391. The highest BCUT2D eigenvalue weighted by molar-refractivity contribution is 7.09. The van der Waals surface area contributed by atoms with Crippen molar-refractivity contribution in [2.75, 3.05) is 10.6 Å². The summed E-state index contributed by atoms with van der Waals surface area (Å²) in [5, 5.41) is 11.5. The lowest BCUT2D eigenvalue weighted by Crippen LogP contribution is -2.23. The molecule has 0 radical (unpaired) electrons. The first-order chi connectivity index (χ1) is 14.9. The molecular formula is C21H21ClN6O2S. The Morgan fingerprint density at radius 2 is 2.10 bits per heavy atom. The average molecular weight is 457 g/mol. The van der Waals surface area contributed by atoms with Gasteiger partial charge in [-0.1, -0.05) is 23.7 Å². The lowest BCUT2D eigenvalue weighted by Gasteiger charge is -2.09. The third kappa shape index (κ3) is 4.78. The Labute approximate surface area is 187 Å². The van der Waals surface area contributed by atoms with Crippen LogP contribution in [0.25, 0.3) is 5.78 Å². The van der Waals surface area contributed by atoms with Crippen molar-refractivity contribution < 1.29 is 4.79 Å². The van der Waals surface area contributed by atoms with Crippen LogP contribution < -0.4 is 16.2 Å². The van der Waals surface area contributed by atoms with E-state index in [4.69, 9.17) is 11.6 Å². The third-order valence-electron chi connectivity index (χ3n) is 4.88. The predicted molar refractivity (Wildman–Crippen MR) is 123 cm³/mol. The zero-order chi connectivity index (χ0) is 22.0. The molecule has 1 aromatic carbocycles. The second-order valence-corrected chi connectivity index (χ2v) is 8.60. The van der Waals surface area contributed by atoms with E-state index < -0.39 is 0 Å². The average Bonchev–Trinajstić information content (AvgIpc) is 3.38. The number of aryl methyl sites for hydroxylation is 2. The van der Waals surface area contributed by atoms with Crippen LogP contribution >= 0.6 is 22.9 Å². The number of nitrogens with one attached hydrogen (secondary N) is 3. The molecule has 10 heteroatoms. The van der Waals surface area contributed by atoms with E-state index in [0.717, 1.165) is 10.4 Å². The minimum Gasteiger partial charge on any atom is -0.350 e. The van der Waals surface area contributed by atoms with Gasteiger partial charge >= 0.3 is 0 Å². The Hall–Kier alpha value is -3.17. The van der Waals surface area contributed by atoms with Crippen molar-refractivity contribution in [2.24, 2.45) is 0 Å². The number of hydrogen-bond acceptors (Lipinski definition) is 6. The molecule has 1 amide bonds. The number of aromatic nitrogens is 4. The van der Waals surface area contributed by atoms with E-state index in [1.54, 1.807) is 30.4 Å². The van der Waals surface area contributed by atoms with Crippen LogP contribution in [-0.2, 0) is 17.8 Å². The molecule has 0 saturated carbocycles. The van der Waals surface area contributed by atoms with Crippen molar-refractivity contribution in [2.45, 2.75) is 33.2 Å². The first-order valence-electron chi connectivity index (χ1n) is 9.71. The number of halogens is 1. The molecule has 160 valence electrons. The van der Waals surface area contributed by atoms with Crippen LogP contribution in [0.4, 0.5) is 11.6 Å². The number of amides is 1. The van der Waals surface area contributed by atoms with Gasteiger partial charge in [-0.2, -0.15) is 9.50 Å². The first-order valence-corrected chi connectivity index (χ1v) is 11.0. The zero-order valence-corrected chi connectivity index (χ0v) is 18.6. The fourth-order valence-electron chi connectivity index (χ4n) is 3.19. The second kappa shape index (κ2) is 8.91. The third-order valence-corrected chi connectivity index (χ3v) is 5.99. The van der Waals surface area contributed by atoms with Crippen LogP contribution in [0.5, 0.6) is 0 Å². The van der Waals surface area contributed by atoms with Crippen LogP contribution in [-0.4, -0.2) is 25.5 Å². The molecule has 0 unspecified atom stereocenters. The molecular weight excluding hydrogens is 436 g/mol. The largest absolute Gasteiger partial charge is 0.350 e. The minimum atomic E-state index is -0.258. The van der Waals surface area contributed by atoms with Crippen molar-refractivity contribution >= 4 is 46.3 Å². The smallest absolute Gasteiger partial charge is 0.277 e. The molecule has 0 saturated heterocycles. The molecule has 8 nitrogen and oxygen atoms in total. The fraction of sp³-hybridized carbons (Fsp3) is 0.238. The topological polar surface area (TPSA) is 104 Å². The van der Waals surface area contributed by atoms with E-state index in [1.165, 1.54) is 4.52 Å². The Morgan fingerprint density at radius 1 is 1.26 bits per heavy atom. The lowest BCUT2D eigenvalue weighted by atomic mass is 10.1. The molecule has 0 aliphatic rings. The van der Waals surface area contributed by atoms with Crippen molar-refractivity contribution in [1.29, 1.82) is 0 Å². The van der Waals surface area contributed by atoms with Gasteiger partial charge in [-0.25, -0.2) is 4.98 Å². The number of carbonyl (C=O) groups is 1. The van der Waals surface area contributed by atoms with Gasteiger partial charge in [-0.3, -0.25) is 14.7 Å². The van der Waals surface area contributed by atoms with E-state index in [2.05, 4.69) is 25.7 Å². The second-order valence-electron chi connectivity index (χ2n) is 7.13. The van der Waals surface area contributed by atoms with Gasteiger partial charge < -0.3 is 10.6 Å². The van der Waals surface area contributed by atoms with Crippen LogP contribution in [0.3, 0.4) is 0 Å². The fourth-order valence-corrected chi connectivity index (χ4v) is 4.00. The summed E-state index contributed by atoms with van der Waals surface area (Å²) in [4.78, 5) is 35.3. The van der Waals surface area contributed by atoms with Crippen LogP contribution in [0.2, 0.25) is 5.02 Å². The van der Waals surface area contributed by atoms with E-state index in [1.807, 2.05) is 30.5 Å². The summed E-state index contributed by atoms with van der Waals surface area (Å²) in [6, 6.07) is 9.31. The number of H-pyrrole nitrogens is 1. The molecule has 3 heterocycles. The number of fused-ring (bicyclic) bond motifs is 1. The molecule has 31 heavy (non-hydrogen) atoms. The molecule has 4 aromatic rings. The Bertz CT molecular complexity index is 1300. The Balaban J connectivity index is 1.47. The van der Waals surface area contributed by atoms with Crippen molar-refractivity contribution in [3.63, 3.8) is 0 Å². The molecule has 3 aromatic heterocycles. The number of rotatable bonds is 7. The Kier molecular flexibility index (Phi) is 6.06. The molecule has 0 fully saturated rings.